The molecule has 0 atom stereocenters. The van der Waals surface area contributed by atoms with Crippen LogP contribution < -0.4 is 38.6 Å². The summed E-state index contributed by atoms with van der Waals surface area (Å²) < 4.78 is 44.2. The van der Waals surface area contributed by atoms with Crippen molar-refractivity contribution in [3.05, 3.63) is 28.4 Å². The molecule has 0 N–H and O–H groups in total. The molecule has 1 heterocycles. The predicted molar refractivity (Wildman–Crippen MR) is 114 cm³/mol. The molecule has 1 aromatic heterocycles. The average molecular weight is 432 g/mol. The van der Waals surface area contributed by atoms with Gasteiger partial charge < -0.3 is 37.6 Å². The van der Waals surface area contributed by atoms with E-state index in [1.54, 1.807) is 12.1 Å². The number of hydrogen-bond donors (Lipinski definition) is 0. The predicted octanol–water partition coefficient (Wildman–Crippen LogP) is 3.52. The van der Waals surface area contributed by atoms with E-state index in [9.17, 15) is 4.79 Å². The summed E-state index contributed by atoms with van der Waals surface area (Å²) in [5, 5.41) is 0.205. The van der Waals surface area contributed by atoms with Gasteiger partial charge in [0.2, 0.25) is 5.75 Å². The van der Waals surface area contributed by atoms with Gasteiger partial charge in [0.25, 0.3) is 0 Å². The number of hydrogen-bond acceptors (Lipinski definition) is 9. The molecule has 0 aliphatic carbocycles. The van der Waals surface area contributed by atoms with E-state index < -0.39 is 0 Å². The minimum atomic E-state index is -0.361. The number of rotatable bonds is 8. The summed E-state index contributed by atoms with van der Waals surface area (Å²) in [6.07, 6.45) is 0. The van der Waals surface area contributed by atoms with E-state index in [1.165, 1.54) is 55.8 Å². The second-order valence-electron chi connectivity index (χ2n) is 6.22. The van der Waals surface area contributed by atoms with Crippen LogP contribution in [-0.4, -0.2) is 49.8 Å². The first-order valence-corrected chi connectivity index (χ1v) is 9.13. The van der Waals surface area contributed by atoms with E-state index in [0.717, 1.165) is 0 Å². The van der Waals surface area contributed by atoms with Crippen molar-refractivity contribution in [3.8, 4) is 51.6 Å². The zero-order chi connectivity index (χ0) is 22.7. The maximum Gasteiger partial charge on any atom is 0.204 e. The van der Waals surface area contributed by atoms with Gasteiger partial charge in [-0.15, -0.1) is 0 Å². The Labute approximate surface area is 178 Å². The monoisotopic (exact) mass is 432 g/mol. The van der Waals surface area contributed by atoms with Crippen LogP contribution in [0.5, 0.6) is 40.2 Å². The summed E-state index contributed by atoms with van der Waals surface area (Å²) in [6, 6.07) is 4.49. The van der Waals surface area contributed by atoms with Crippen LogP contribution >= 0.6 is 0 Å². The summed E-state index contributed by atoms with van der Waals surface area (Å²) in [7, 11) is 10.3. The number of methoxy groups -OCH3 is 7. The van der Waals surface area contributed by atoms with Crippen molar-refractivity contribution in [2.45, 2.75) is 0 Å². The number of fused-ring (bicyclic) bond motifs is 1. The van der Waals surface area contributed by atoms with Crippen molar-refractivity contribution in [1.82, 2.24) is 0 Å². The number of benzene rings is 2. The van der Waals surface area contributed by atoms with Crippen molar-refractivity contribution in [3.63, 3.8) is 0 Å². The zero-order valence-electron chi connectivity index (χ0n) is 18.4. The molecule has 0 saturated heterocycles. The van der Waals surface area contributed by atoms with Gasteiger partial charge >= 0.3 is 0 Å². The third kappa shape index (κ3) is 3.52. The van der Waals surface area contributed by atoms with Crippen molar-refractivity contribution >= 4 is 11.0 Å². The molecule has 9 heteroatoms. The van der Waals surface area contributed by atoms with E-state index in [4.69, 9.17) is 37.6 Å². The normalized spacial score (nSPS) is 10.5. The average Bonchev–Trinajstić information content (AvgIpc) is 2.80. The highest BCUT2D eigenvalue weighted by Crippen LogP contribution is 2.51. The lowest BCUT2D eigenvalue weighted by Crippen LogP contribution is -2.06. The second-order valence-corrected chi connectivity index (χ2v) is 6.22. The minimum absolute atomic E-state index is 0.178. The molecule has 31 heavy (non-hydrogen) atoms. The summed E-state index contributed by atoms with van der Waals surface area (Å²) in [5.74, 6) is 2.40. The molecule has 3 aromatic rings. The van der Waals surface area contributed by atoms with Crippen molar-refractivity contribution in [1.29, 1.82) is 0 Å². The van der Waals surface area contributed by atoms with Crippen molar-refractivity contribution in [2.75, 3.05) is 49.8 Å². The zero-order valence-corrected chi connectivity index (χ0v) is 18.4. The molecule has 0 bridgehead atoms. The van der Waals surface area contributed by atoms with Crippen LogP contribution in [0.2, 0.25) is 0 Å². The standard InChI is InChI=1S/C22H24O9/c1-24-14-10-15(25-2)20(28-5)18(19(14)27-4)12-8-11(23)17-13(31-12)9-16(26-3)21(29-6)22(17)30-7/h8-10H,1-7H3. The van der Waals surface area contributed by atoms with Crippen LogP contribution in [0, 0.1) is 0 Å². The SMILES string of the molecule is COc1cc(OC)c(OC)c(-c2cc(=O)c3c(OC)c(OC)c(OC)cc3o2)c1OC. The third-order valence-corrected chi connectivity index (χ3v) is 4.78. The van der Waals surface area contributed by atoms with Gasteiger partial charge in [-0.2, -0.15) is 0 Å². The molecule has 0 fully saturated rings. The quantitative estimate of drug-likeness (QED) is 0.530. The highest BCUT2D eigenvalue weighted by Gasteiger charge is 2.27. The fraction of sp³-hybridized carbons (Fsp3) is 0.318. The fourth-order valence-electron chi connectivity index (χ4n) is 3.44. The lowest BCUT2D eigenvalue weighted by atomic mass is 10.1. The molecule has 3 rings (SSSR count). The molecule has 166 valence electrons. The van der Waals surface area contributed by atoms with Gasteiger partial charge in [0.05, 0.1) is 49.8 Å². The molecule has 0 unspecified atom stereocenters. The van der Waals surface area contributed by atoms with E-state index in [1.807, 2.05) is 0 Å². The van der Waals surface area contributed by atoms with Gasteiger partial charge in [0.1, 0.15) is 22.3 Å². The second kappa shape index (κ2) is 8.95. The highest BCUT2D eigenvalue weighted by molar-refractivity contribution is 5.91. The lowest BCUT2D eigenvalue weighted by molar-refractivity contribution is 0.326. The maximum absolute atomic E-state index is 13.1. The van der Waals surface area contributed by atoms with E-state index >= 15 is 0 Å². The molecule has 0 radical (unpaired) electrons. The summed E-state index contributed by atoms with van der Waals surface area (Å²) >= 11 is 0. The van der Waals surface area contributed by atoms with Gasteiger partial charge in [-0.1, -0.05) is 0 Å². The van der Waals surface area contributed by atoms with E-state index in [2.05, 4.69) is 0 Å². The van der Waals surface area contributed by atoms with Gasteiger partial charge in [-0.05, 0) is 0 Å². The van der Waals surface area contributed by atoms with Crippen LogP contribution in [0.1, 0.15) is 0 Å². The number of ether oxygens (including phenoxy) is 7. The topological polar surface area (TPSA) is 94.8 Å². The summed E-state index contributed by atoms with van der Waals surface area (Å²) in [5.41, 5.74) is 0.219. The van der Waals surface area contributed by atoms with Crippen LogP contribution in [0.25, 0.3) is 22.3 Å². The van der Waals surface area contributed by atoms with Crippen molar-refractivity contribution < 1.29 is 37.6 Å². The van der Waals surface area contributed by atoms with Gasteiger partial charge in [0, 0.05) is 18.2 Å². The third-order valence-electron chi connectivity index (χ3n) is 4.78. The summed E-state index contributed by atoms with van der Waals surface area (Å²) in [4.78, 5) is 13.1. The maximum atomic E-state index is 13.1. The molecule has 0 aliphatic heterocycles. The molecular formula is C22H24O9. The molecular weight excluding hydrogens is 408 g/mol. The Morgan fingerprint density at radius 2 is 1.06 bits per heavy atom. The smallest absolute Gasteiger partial charge is 0.204 e. The summed E-state index contributed by atoms with van der Waals surface area (Å²) in [6.45, 7) is 0. The molecule has 2 aromatic carbocycles. The van der Waals surface area contributed by atoms with Crippen molar-refractivity contribution in [2.24, 2.45) is 0 Å². The Kier molecular flexibility index (Phi) is 6.33. The molecule has 9 nitrogen and oxygen atoms in total. The minimum Gasteiger partial charge on any atom is -0.493 e. The van der Waals surface area contributed by atoms with Gasteiger partial charge in [-0.25, -0.2) is 0 Å². The molecule has 0 spiro atoms. The van der Waals surface area contributed by atoms with E-state index in [0.29, 0.717) is 34.3 Å². The Morgan fingerprint density at radius 3 is 1.52 bits per heavy atom. The molecule has 0 amide bonds. The Hall–Kier alpha value is -3.75. The van der Waals surface area contributed by atoms with Crippen LogP contribution in [-0.2, 0) is 0 Å². The van der Waals surface area contributed by atoms with Gasteiger partial charge in [0.15, 0.2) is 39.9 Å². The molecule has 0 aliphatic rings. The Bertz CT molecular complexity index is 1130. The fourth-order valence-corrected chi connectivity index (χ4v) is 3.44. The van der Waals surface area contributed by atoms with Crippen LogP contribution in [0.3, 0.4) is 0 Å². The Morgan fingerprint density at radius 1 is 0.581 bits per heavy atom. The molecule has 0 saturated carbocycles. The highest BCUT2D eigenvalue weighted by atomic mass is 16.5. The van der Waals surface area contributed by atoms with Crippen LogP contribution in [0.15, 0.2) is 27.4 Å². The first-order chi connectivity index (χ1) is 15.0. The largest absolute Gasteiger partial charge is 0.493 e. The van der Waals surface area contributed by atoms with E-state index in [-0.39, 0.29) is 33.7 Å². The first-order valence-electron chi connectivity index (χ1n) is 9.13. The Balaban J connectivity index is 2.46. The van der Waals surface area contributed by atoms with Gasteiger partial charge in [-0.3, -0.25) is 4.79 Å². The first kappa shape index (κ1) is 21.9. The lowest BCUT2D eigenvalue weighted by Gasteiger charge is -2.19. The van der Waals surface area contributed by atoms with Crippen LogP contribution in [0.4, 0.5) is 0 Å².